The molecule has 0 aliphatic carbocycles. The maximum absolute atomic E-state index is 15.0. The van der Waals surface area contributed by atoms with Gasteiger partial charge in [-0.1, -0.05) is 56.7 Å². The number of anilines is 1. The summed E-state index contributed by atoms with van der Waals surface area (Å²) < 4.78 is 20.5. The van der Waals surface area contributed by atoms with Crippen LogP contribution in [0, 0.1) is 12.7 Å². The molecule has 1 amide bonds. The number of carbonyl (C=O) groups is 2. The van der Waals surface area contributed by atoms with Gasteiger partial charge in [0.1, 0.15) is 17.3 Å². The number of amides is 1. The standard InChI is InChI=1S/C29H28FNO4/c1-17-10-13-19(14-11-17)31-25(20-8-6-7-9-22(20)30)24(27(33)28(31)34)26(32)18-12-15-23(35-5)21(16-18)29(2,3)4/h6-16,25,32H,1-5H3/b26-24+. The molecule has 35 heavy (non-hydrogen) atoms. The van der Waals surface area contributed by atoms with Gasteiger partial charge in [0.25, 0.3) is 11.7 Å². The van der Waals surface area contributed by atoms with Crippen molar-refractivity contribution < 1.29 is 23.8 Å². The molecule has 1 saturated heterocycles. The van der Waals surface area contributed by atoms with E-state index in [2.05, 4.69) is 0 Å². The third-order valence-electron chi connectivity index (χ3n) is 6.24. The van der Waals surface area contributed by atoms with E-state index in [1.807, 2.05) is 39.8 Å². The van der Waals surface area contributed by atoms with Crippen molar-refractivity contribution in [2.24, 2.45) is 0 Å². The summed E-state index contributed by atoms with van der Waals surface area (Å²) in [6, 6.07) is 17.0. The summed E-state index contributed by atoms with van der Waals surface area (Å²) in [4.78, 5) is 27.8. The van der Waals surface area contributed by atoms with Crippen LogP contribution in [0.15, 0.2) is 72.3 Å². The number of hydrogen-bond acceptors (Lipinski definition) is 4. The zero-order valence-corrected chi connectivity index (χ0v) is 20.4. The number of benzene rings is 3. The highest BCUT2D eigenvalue weighted by Gasteiger charge is 2.47. The van der Waals surface area contributed by atoms with Gasteiger partial charge < -0.3 is 9.84 Å². The Morgan fingerprint density at radius 1 is 1.00 bits per heavy atom. The summed E-state index contributed by atoms with van der Waals surface area (Å²) in [5.41, 5.74) is 2.22. The molecule has 3 aromatic rings. The zero-order valence-electron chi connectivity index (χ0n) is 20.4. The van der Waals surface area contributed by atoms with Crippen molar-refractivity contribution >= 4 is 23.1 Å². The second-order valence-corrected chi connectivity index (χ2v) is 9.69. The Hall–Kier alpha value is -3.93. The van der Waals surface area contributed by atoms with Crippen LogP contribution in [-0.4, -0.2) is 23.9 Å². The number of ketones is 1. The molecule has 1 N–H and O–H groups in total. The van der Waals surface area contributed by atoms with Gasteiger partial charge in [-0.25, -0.2) is 4.39 Å². The highest BCUT2D eigenvalue weighted by molar-refractivity contribution is 6.51. The number of carbonyl (C=O) groups excluding carboxylic acids is 2. The molecule has 1 atom stereocenters. The van der Waals surface area contributed by atoms with Gasteiger partial charge in [-0.15, -0.1) is 0 Å². The number of hydrogen-bond donors (Lipinski definition) is 1. The van der Waals surface area contributed by atoms with Gasteiger partial charge in [0.2, 0.25) is 0 Å². The van der Waals surface area contributed by atoms with Crippen LogP contribution in [-0.2, 0) is 15.0 Å². The monoisotopic (exact) mass is 473 g/mol. The quantitative estimate of drug-likeness (QED) is 0.284. The molecule has 3 aromatic carbocycles. The fraction of sp³-hybridized carbons (Fsp3) is 0.241. The smallest absolute Gasteiger partial charge is 0.300 e. The molecule has 1 heterocycles. The Balaban J connectivity index is 1.97. The molecule has 0 saturated carbocycles. The molecule has 1 fully saturated rings. The minimum Gasteiger partial charge on any atom is -0.507 e. The minimum absolute atomic E-state index is 0.124. The molecule has 0 radical (unpaired) electrons. The zero-order chi connectivity index (χ0) is 25.5. The molecule has 4 rings (SSSR count). The van der Waals surface area contributed by atoms with Crippen molar-refractivity contribution in [2.45, 2.75) is 39.2 Å². The summed E-state index contributed by atoms with van der Waals surface area (Å²) >= 11 is 0. The van der Waals surface area contributed by atoms with Gasteiger partial charge in [0, 0.05) is 22.4 Å². The fourth-order valence-electron chi connectivity index (χ4n) is 4.39. The van der Waals surface area contributed by atoms with Crippen molar-refractivity contribution in [1.82, 2.24) is 0 Å². The minimum atomic E-state index is -1.13. The molecule has 180 valence electrons. The van der Waals surface area contributed by atoms with Gasteiger partial charge in [0.15, 0.2) is 0 Å². The topological polar surface area (TPSA) is 66.8 Å². The maximum Gasteiger partial charge on any atom is 0.300 e. The lowest BCUT2D eigenvalue weighted by atomic mass is 9.84. The van der Waals surface area contributed by atoms with E-state index in [0.29, 0.717) is 17.0 Å². The van der Waals surface area contributed by atoms with Crippen molar-refractivity contribution in [3.05, 3.63) is 100 Å². The Bertz CT molecular complexity index is 1340. The van der Waals surface area contributed by atoms with E-state index in [0.717, 1.165) is 11.1 Å². The molecule has 1 unspecified atom stereocenters. The summed E-state index contributed by atoms with van der Waals surface area (Å²) in [6.07, 6.45) is 0. The largest absolute Gasteiger partial charge is 0.507 e. The average Bonchev–Trinajstić information content (AvgIpc) is 3.08. The van der Waals surface area contributed by atoms with Gasteiger partial charge >= 0.3 is 0 Å². The summed E-state index contributed by atoms with van der Waals surface area (Å²) in [5, 5.41) is 11.4. The first kappa shape index (κ1) is 24.2. The van der Waals surface area contributed by atoms with Crippen LogP contribution < -0.4 is 9.64 Å². The van der Waals surface area contributed by atoms with Crippen molar-refractivity contribution in [3.63, 3.8) is 0 Å². The number of aliphatic hydroxyl groups is 1. The van der Waals surface area contributed by atoms with E-state index in [-0.39, 0.29) is 22.3 Å². The number of halogens is 1. The lowest BCUT2D eigenvalue weighted by molar-refractivity contribution is -0.132. The Morgan fingerprint density at radius 3 is 2.26 bits per heavy atom. The van der Waals surface area contributed by atoms with E-state index in [1.165, 1.54) is 23.1 Å². The van der Waals surface area contributed by atoms with Crippen molar-refractivity contribution in [3.8, 4) is 5.75 Å². The van der Waals surface area contributed by atoms with Crippen LogP contribution >= 0.6 is 0 Å². The van der Waals surface area contributed by atoms with Crippen LogP contribution in [0.2, 0.25) is 0 Å². The van der Waals surface area contributed by atoms with E-state index in [9.17, 15) is 14.7 Å². The number of aryl methyl sites for hydroxylation is 1. The van der Waals surface area contributed by atoms with Crippen LogP contribution in [0.25, 0.3) is 5.76 Å². The van der Waals surface area contributed by atoms with E-state index in [1.54, 1.807) is 43.5 Å². The number of rotatable bonds is 4. The van der Waals surface area contributed by atoms with Gasteiger partial charge in [-0.05, 0) is 48.7 Å². The maximum atomic E-state index is 15.0. The van der Waals surface area contributed by atoms with Crippen LogP contribution in [0.1, 0.15) is 49.1 Å². The fourth-order valence-corrected chi connectivity index (χ4v) is 4.39. The van der Waals surface area contributed by atoms with E-state index in [4.69, 9.17) is 4.74 Å². The van der Waals surface area contributed by atoms with E-state index >= 15 is 4.39 Å². The number of aliphatic hydroxyl groups excluding tert-OH is 1. The lowest BCUT2D eigenvalue weighted by Crippen LogP contribution is -2.29. The second kappa shape index (κ2) is 9.02. The van der Waals surface area contributed by atoms with Crippen molar-refractivity contribution in [2.75, 3.05) is 12.0 Å². The number of Topliss-reactive ketones (excluding diaryl/α,β-unsaturated/α-hetero) is 1. The number of ether oxygens (including phenoxy) is 1. The molecule has 0 aromatic heterocycles. The molecule has 1 aliphatic rings. The summed E-state index contributed by atoms with van der Waals surface area (Å²) in [5.74, 6) is -2.00. The summed E-state index contributed by atoms with van der Waals surface area (Å²) in [6.45, 7) is 7.92. The molecule has 5 nitrogen and oxygen atoms in total. The first-order chi connectivity index (χ1) is 16.5. The number of nitrogens with zero attached hydrogens (tertiary/aromatic N) is 1. The van der Waals surface area contributed by atoms with Crippen LogP contribution in [0.3, 0.4) is 0 Å². The van der Waals surface area contributed by atoms with Crippen LogP contribution in [0.5, 0.6) is 5.75 Å². The first-order valence-corrected chi connectivity index (χ1v) is 11.4. The van der Waals surface area contributed by atoms with E-state index < -0.39 is 23.5 Å². The van der Waals surface area contributed by atoms with Crippen molar-refractivity contribution in [1.29, 1.82) is 0 Å². The Morgan fingerprint density at radius 2 is 1.66 bits per heavy atom. The summed E-state index contributed by atoms with van der Waals surface area (Å²) in [7, 11) is 1.56. The molecule has 6 heteroatoms. The van der Waals surface area contributed by atoms with Crippen LogP contribution in [0.4, 0.5) is 10.1 Å². The highest BCUT2D eigenvalue weighted by atomic mass is 19.1. The molecule has 1 aliphatic heterocycles. The predicted molar refractivity (Wildman–Crippen MR) is 134 cm³/mol. The molecular weight excluding hydrogens is 445 g/mol. The highest BCUT2D eigenvalue weighted by Crippen LogP contribution is 2.43. The lowest BCUT2D eigenvalue weighted by Gasteiger charge is -2.26. The Labute approximate surface area is 204 Å². The molecule has 0 spiro atoms. The number of methoxy groups -OCH3 is 1. The molecule has 0 bridgehead atoms. The third kappa shape index (κ3) is 4.32. The SMILES string of the molecule is COc1ccc(/C(O)=C2\C(=O)C(=O)N(c3ccc(C)cc3)C2c2ccccc2F)cc1C(C)(C)C. The molecular formula is C29H28FNO4. The third-order valence-corrected chi connectivity index (χ3v) is 6.24. The van der Waals surface area contributed by atoms with Gasteiger partial charge in [-0.3, -0.25) is 14.5 Å². The predicted octanol–water partition coefficient (Wildman–Crippen LogP) is 6.07. The second-order valence-electron chi connectivity index (χ2n) is 9.69. The first-order valence-electron chi connectivity index (χ1n) is 11.4. The average molecular weight is 474 g/mol. The Kier molecular flexibility index (Phi) is 6.24. The van der Waals surface area contributed by atoms with Gasteiger partial charge in [-0.2, -0.15) is 0 Å². The normalized spacial score (nSPS) is 17.7. The van der Waals surface area contributed by atoms with Gasteiger partial charge in [0.05, 0.1) is 18.7 Å².